The molecule has 34 heavy (non-hydrogen) atoms. The number of hydrogen-bond donors (Lipinski definition) is 0. The van der Waals surface area contributed by atoms with Crippen LogP contribution in [0, 0.1) is 0 Å². The Balaban J connectivity index is 1.40. The zero-order valence-corrected chi connectivity index (χ0v) is 20.8. The fourth-order valence-corrected chi connectivity index (χ4v) is 5.11. The summed E-state index contributed by atoms with van der Waals surface area (Å²) < 4.78 is 7.65. The molecule has 0 spiro atoms. The highest BCUT2D eigenvalue weighted by molar-refractivity contribution is 5.96. The number of methoxy groups -OCH3 is 1. The molecule has 1 aliphatic rings. The van der Waals surface area contributed by atoms with Crippen molar-refractivity contribution in [3.8, 4) is 5.75 Å². The Morgan fingerprint density at radius 2 is 1.59 bits per heavy atom. The summed E-state index contributed by atoms with van der Waals surface area (Å²) in [5.74, 6) is 2.14. The molecule has 4 rings (SSSR count). The van der Waals surface area contributed by atoms with E-state index < -0.39 is 0 Å². The number of para-hydroxylation sites is 2. The quantitative estimate of drug-likeness (QED) is 0.255. The minimum Gasteiger partial charge on any atom is -0.497 e. The second-order valence-electron chi connectivity index (χ2n) is 9.54. The van der Waals surface area contributed by atoms with Gasteiger partial charge in [-0.15, -0.1) is 0 Å². The molecule has 5 nitrogen and oxygen atoms in total. The molecule has 1 fully saturated rings. The summed E-state index contributed by atoms with van der Waals surface area (Å²) in [5, 5.41) is 0. The fraction of sp³-hybridized carbons (Fsp3) is 0.517. The van der Waals surface area contributed by atoms with Crippen LogP contribution in [0.5, 0.6) is 5.75 Å². The lowest BCUT2D eigenvalue weighted by molar-refractivity contribution is -0.117. The van der Waals surface area contributed by atoms with Crippen molar-refractivity contribution in [1.82, 2.24) is 9.55 Å². The minimum atomic E-state index is 0.112. The highest BCUT2D eigenvalue weighted by atomic mass is 16.5. The zero-order valence-electron chi connectivity index (χ0n) is 20.8. The molecule has 3 aromatic rings. The summed E-state index contributed by atoms with van der Waals surface area (Å²) in [4.78, 5) is 19.8. The van der Waals surface area contributed by atoms with E-state index in [-0.39, 0.29) is 11.8 Å². The largest absolute Gasteiger partial charge is 0.497 e. The number of carbonyl (C=O) groups is 1. The average Bonchev–Trinajstić information content (AvgIpc) is 3.43. The van der Waals surface area contributed by atoms with Gasteiger partial charge < -0.3 is 14.2 Å². The molecular formula is C29H39N3O2. The van der Waals surface area contributed by atoms with Crippen LogP contribution in [0.25, 0.3) is 11.0 Å². The van der Waals surface area contributed by atoms with Gasteiger partial charge in [-0.05, 0) is 42.8 Å². The molecule has 5 heteroatoms. The van der Waals surface area contributed by atoms with Crippen molar-refractivity contribution in [3.63, 3.8) is 0 Å². The number of anilines is 1. The van der Waals surface area contributed by atoms with E-state index in [1.54, 1.807) is 7.11 Å². The van der Waals surface area contributed by atoms with Crippen LogP contribution in [0.15, 0.2) is 48.5 Å². The molecule has 1 aliphatic heterocycles. The van der Waals surface area contributed by atoms with Crippen molar-refractivity contribution >= 4 is 22.6 Å². The number of nitrogens with zero attached hydrogens (tertiary/aromatic N) is 3. The lowest BCUT2D eigenvalue weighted by atomic mass is 10.1. The van der Waals surface area contributed by atoms with E-state index in [1.165, 1.54) is 56.9 Å². The molecule has 0 N–H and O–H groups in total. The maximum Gasteiger partial charge on any atom is 0.227 e. The van der Waals surface area contributed by atoms with Crippen LogP contribution in [0.4, 0.5) is 5.69 Å². The average molecular weight is 462 g/mol. The van der Waals surface area contributed by atoms with E-state index >= 15 is 0 Å². The van der Waals surface area contributed by atoms with Crippen molar-refractivity contribution in [2.45, 2.75) is 83.6 Å². The summed E-state index contributed by atoms with van der Waals surface area (Å²) in [5.41, 5.74) is 3.14. The number of imidazole rings is 1. The van der Waals surface area contributed by atoms with Crippen LogP contribution >= 0.6 is 0 Å². The van der Waals surface area contributed by atoms with Gasteiger partial charge in [0.05, 0.1) is 18.1 Å². The van der Waals surface area contributed by atoms with E-state index in [1.807, 2.05) is 35.2 Å². The van der Waals surface area contributed by atoms with Crippen molar-refractivity contribution < 1.29 is 9.53 Å². The van der Waals surface area contributed by atoms with Crippen LogP contribution in [0.3, 0.4) is 0 Å². The number of aryl methyl sites for hydroxylation is 1. The molecule has 0 radical (unpaired) electrons. The minimum absolute atomic E-state index is 0.112. The summed E-state index contributed by atoms with van der Waals surface area (Å²) in [6.07, 6.45) is 12.4. The number of amides is 1. The Morgan fingerprint density at radius 3 is 2.29 bits per heavy atom. The number of unbranched alkanes of at least 4 members (excludes halogenated alkanes) is 8. The SMILES string of the molecule is CCCCCCCCCCCn1c(C2CC(=O)N(c3ccc(OC)cc3)C2)nc2ccccc21. The maximum absolute atomic E-state index is 12.9. The zero-order chi connectivity index (χ0) is 23.8. The summed E-state index contributed by atoms with van der Waals surface area (Å²) in [6.45, 7) is 3.91. The molecule has 1 saturated heterocycles. The Morgan fingerprint density at radius 1 is 0.912 bits per heavy atom. The molecular weight excluding hydrogens is 422 g/mol. The maximum atomic E-state index is 12.9. The van der Waals surface area contributed by atoms with Gasteiger partial charge in [-0.2, -0.15) is 0 Å². The van der Waals surface area contributed by atoms with Gasteiger partial charge in [-0.1, -0.05) is 70.4 Å². The third kappa shape index (κ3) is 5.81. The molecule has 0 bridgehead atoms. The lowest BCUT2D eigenvalue weighted by Crippen LogP contribution is -2.24. The monoisotopic (exact) mass is 461 g/mol. The van der Waals surface area contributed by atoms with E-state index in [2.05, 4.69) is 29.7 Å². The second kappa shape index (κ2) is 12.0. The van der Waals surface area contributed by atoms with Gasteiger partial charge in [0.1, 0.15) is 11.6 Å². The number of benzene rings is 2. The van der Waals surface area contributed by atoms with Crippen molar-refractivity contribution in [2.24, 2.45) is 0 Å². The molecule has 0 saturated carbocycles. The van der Waals surface area contributed by atoms with Crippen molar-refractivity contribution in [1.29, 1.82) is 0 Å². The third-order valence-electron chi connectivity index (χ3n) is 7.04. The van der Waals surface area contributed by atoms with Crippen LogP contribution in [0.1, 0.15) is 82.9 Å². The fourth-order valence-electron chi connectivity index (χ4n) is 5.11. The van der Waals surface area contributed by atoms with Crippen LogP contribution in [0.2, 0.25) is 0 Å². The van der Waals surface area contributed by atoms with E-state index in [9.17, 15) is 4.79 Å². The van der Waals surface area contributed by atoms with Gasteiger partial charge in [0, 0.05) is 31.1 Å². The Labute approximate surface area is 204 Å². The normalized spacial score (nSPS) is 16.0. The third-order valence-corrected chi connectivity index (χ3v) is 7.04. The van der Waals surface area contributed by atoms with E-state index in [0.717, 1.165) is 35.7 Å². The molecule has 1 amide bonds. The number of aromatic nitrogens is 2. The number of carbonyl (C=O) groups excluding carboxylic acids is 1. The first-order valence-corrected chi connectivity index (χ1v) is 13.1. The standard InChI is InChI=1S/C29H39N3O2/c1-3-4-5-6-7-8-9-10-13-20-31-27-15-12-11-14-26(27)30-29(31)23-21-28(33)32(22-23)24-16-18-25(34-2)19-17-24/h11-12,14-19,23H,3-10,13,20-22H2,1-2H3. The molecule has 182 valence electrons. The Hall–Kier alpha value is -2.82. The van der Waals surface area contributed by atoms with Gasteiger partial charge in [0.2, 0.25) is 5.91 Å². The van der Waals surface area contributed by atoms with Gasteiger partial charge in [0.25, 0.3) is 0 Å². The number of hydrogen-bond acceptors (Lipinski definition) is 3. The van der Waals surface area contributed by atoms with Gasteiger partial charge in [0.15, 0.2) is 0 Å². The smallest absolute Gasteiger partial charge is 0.227 e. The summed E-state index contributed by atoms with van der Waals surface area (Å²) in [6, 6.07) is 16.1. The van der Waals surface area contributed by atoms with Crippen LogP contribution < -0.4 is 9.64 Å². The number of fused-ring (bicyclic) bond motifs is 1. The van der Waals surface area contributed by atoms with Crippen molar-refractivity contribution in [2.75, 3.05) is 18.6 Å². The van der Waals surface area contributed by atoms with Crippen LogP contribution in [-0.4, -0.2) is 29.1 Å². The molecule has 2 heterocycles. The number of ether oxygens (including phenoxy) is 1. The summed E-state index contributed by atoms with van der Waals surface area (Å²) in [7, 11) is 1.66. The highest BCUT2D eigenvalue weighted by Gasteiger charge is 2.34. The van der Waals surface area contributed by atoms with E-state index in [0.29, 0.717) is 13.0 Å². The number of rotatable bonds is 13. The highest BCUT2D eigenvalue weighted by Crippen LogP contribution is 2.34. The van der Waals surface area contributed by atoms with Crippen LogP contribution in [-0.2, 0) is 11.3 Å². The van der Waals surface area contributed by atoms with Gasteiger partial charge in [-0.3, -0.25) is 4.79 Å². The first-order chi connectivity index (χ1) is 16.7. The Kier molecular flexibility index (Phi) is 8.62. The van der Waals surface area contributed by atoms with Gasteiger partial charge >= 0.3 is 0 Å². The Bertz CT molecular complexity index is 1060. The molecule has 2 aromatic carbocycles. The first kappa shape index (κ1) is 24.3. The molecule has 0 aliphatic carbocycles. The molecule has 1 atom stereocenters. The first-order valence-electron chi connectivity index (χ1n) is 13.1. The summed E-state index contributed by atoms with van der Waals surface area (Å²) >= 11 is 0. The van der Waals surface area contributed by atoms with Crippen molar-refractivity contribution in [3.05, 3.63) is 54.4 Å². The molecule has 1 aromatic heterocycles. The topological polar surface area (TPSA) is 47.4 Å². The van der Waals surface area contributed by atoms with E-state index in [4.69, 9.17) is 9.72 Å². The van der Waals surface area contributed by atoms with Gasteiger partial charge in [-0.25, -0.2) is 4.98 Å². The second-order valence-corrected chi connectivity index (χ2v) is 9.54. The predicted molar refractivity (Wildman–Crippen MR) is 140 cm³/mol. The lowest BCUT2D eigenvalue weighted by Gasteiger charge is -2.18. The molecule has 1 unspecified atom stereocenters. The predicted octanol–water partition coefficient (Wildman–Crippen LogP) is 7.10.